The molecule has 0 aliphatic carbocycles. The quantitative estimate of drug-likeness (QED) is 0.379. The third-order valence-corrected chi connectivity index (χ3v) is 4.27. The Morgan fingerprint density at radius 1 is 1.26 bits per heavy atom. The lowest BCUT2D eigenvalue weighted by Crippen LogP contribution is -2.52. The number of rotatable bonds is 10. The molecule has 0 spiro atoms. The van der Waals surface area contributed by atoms with Gasteiger partial charge in [0.1, 0.15) is 12.2 Å². The molecule has 5 heteroatoms. The Kier molecular flexibility index (Phi) is 10.2. The lowest BCUT2D eigenvalue weighted by molar-refractivity contribution is -0.189. The summed E-state index contributed by atoms with van der Waals surface area (Å²) >= 11 is 0. The van der Waals surface area contributed by atoms with E-state index in [1.807, 2.05) is 13.0 Å². The maximum Gasteiger partial charge on any atom is 0.320 e. The number of carbonyl (C=O) groups is 1. The Morgan fingerprint density at radius 2 is 2.00 bits per heavy atom. The van der Waals surface area contributed by atoms with Gasteiger partial charge in [-0.25, -0.2) is 0 Å². The fourth-order valence-corrected chi connectivity index (χ4v) is 2.92. The maximum absolute atomic E-state index is 11.6. The van der Waals surface area contributed by atoms with E-state index in [2.05, 4.69) is 13.0 Å². The lowest BCUT2D eigenvalue weighted by Gasteiger charge is -2.39. The average molecular weight is 327 g/mol. The molecular formula is C18H33NO4. The third kappa shape index (κ3) is 7.02. The van der Waals surface area contributed by atoms with Crippen molar-refractivity contribution < 1.29 is 19.0 Å². The van der Waals surface area contributed by atoms with Crippen LogP contribution < -0.4 is 5.73 Å². The van der Waals surface area contributed by atoms with Crippen LogP contribution >= 0.6 is 0 Å². The van der Waals surface area contributed by atoms with E-state index in [9.17, 15) is 4.79 Å². The van der Waals surface area contributed by atoms with Gasteiger partial charge in [0, 0.05) is 13.0 Å². The molecule has 1 heterocycles. The first-order valence-electron chi connectivity index (χ1n) is 8.84. The van der Waals surface area contributed by atoms with Crippen molar-refractivity contribution in [3.8, 4) is 0 Å². The summed E-state index contributed by atoms with van der Waals surface area (Å²) in [5.41, 5.74) is 5.36. The van der Waals surface area contributed by atoms with Crippen LogP contribution in [0.25, 0.3) is 0 Å². The summed E-state index contributed by atoms with van der Waals surface area (Å²) in [5, 5.41) is 0. The predicted octanol–water partition coefficient (Wildman–Crippen LogP) is 2.82. The Labute approximate surface area is 140 Å². The highest BCUT2D eigenvalue weighted by Crippen LogP contribution is 2.26. The minimum Gasteiger partial charge on any atom is -0.455 e. The molecule has 1 rings (SSSR count). The largest absolute Gasteiger partial charge is 0.455 e. The van der Waals surface area contributed by atoms with Crippen molar-refractivity contribution in [3.63, 3.8) is 0 Å². The zero-order chi connectivity index (χ0) is 17.1. The highest BCUT2D eigenvalue weighted by Gasteiger charge is 2.40. The predicted molar refractivity (Wildman–Crippen MR) is 91.2 cm³/mol. The average Bonchev–Trinajstić information content (AvgIpc) is 2.55. The number of hydrogen-bond acceptors (Lipinski definition) is 5. The topological polar surface area (TPSA) is 70.8 Å². The van der Waals surface area contributed by atoms with Gasteiger partial charge in [0.15, 0.2) is 6.10 Å². The molecule has 5 nitrogen and oxygen atoms in total. The van der Waals surface area contributed by atoms with E-state index >= 15 is 0 Å². The van der Waals surface area contributed by atoms with Gasteiger partial charge in [-0.1, -0.05) is 51.7 Å². The summed E-state index contributed by atoms with van der Waals surface area (Å²) in [5.74, 6) is -0.248. The molecule has 0 aromatic rings. The van der Waals surface area contributed by atoms with Gasteiger partial charge in [0.2, 0.25) is 0 Å². The molecule has 1 aliphatic rings. The van der Waals surface area contributed by atoms with Crippen LogP contribution in [0.2, 0.25) is 0 Å². The molecule has 0 bridgehead atoms. The van der Waals surface area contributed by atoms with Crippen LogP contribution in [0, 0.1) is 5.92 Å². The molecule has 1 aliphatic heterocycles. The minimum atomic E-state index is -0.434. The molecule has 1 fully saturated rings. The van der Waals surface area contributed by atoms with Crippen molar-refractivity contribution in [2.45, 2.75) is 70.7 Å². The molecular weight excluding hydrogens is 294 g/mol. The van der Waals surface area contributed by atoms with Gasteiger partial charge in [-0.2, -0.15) is 0 Å². The standard InChI is InChI=1S/C18H33NO4/c1-4-5-6-7-8-9-10-11-15-18(23-16(20)12-19)17(21-3)14(2)13-22-15/h10-11,14-15,17-18H,4-9,12-13,19H2,1-3H3/b11-10-/t14-,15+,17+,18+/m1/s1. The Morgan fingerprint density at radius 3 is 2.65 bits per heavy atom. The summed E-state index contributed by atoms with van der Waals surface area (Å²) in [6, 6.07) is 0. The van der Waals surface area contributed by atoms with E-state index < -0.39 is 12.1 Å². The molecule has 2 N–H and O–H groups in total. The van der Waals surface area contributed by atoms with Crippen LogP contribution in [-0.4, -0.2) is 44.5 Å². The van der Waals surface area contributed by atoms with Crippen molar-refractivity contribution in [2.24, 2.45) is 11.7 Å². The third-order valence-electron chi connectivity index (χ3n) is 4.27. The van der Waals surface area contributed by atoms with Crippen LogP contribution in [0.4, 0.5) is 0 Å². The number of carbonyl (C=O) groups excluding carboxylic acids is 1. The fraction of sp³-hybridized carbons (Fsp3) is 0.833. The highest BCUT2D eigenvalue weighted by molar-refractivity contribution is 5.71. The summed E-state index contributed by atoms with van der Waals surface area (Å²) in [6.07, 6.45) is 10.6. The first-order chi connectivity index (χ1) is 11.1. The number of hydrogen-bond donors (Lipinski definition) is 1. The first kappa shape index (κ1) is 20.1. The second kappa shape index (κ2) is 11.6. The summed E-state index contributed by atoms with van der Waals surface area (Å²) in [6.45, 7) is 4.72. The molecule has 0 aromatic carbocycles. The Hall–Kier alpha value is -0.910. The van der Waals surface area contributed by atoms with Gasteiger partial charge in [-0.05, 0) is 12.8 Å². The van der Waals surface area contributed by atoms with Crippen molar-refractivity contribution >= 4 is 5.97 Å². The second-order valence-electron chi connectivity index (χ2n) is 6.27. The zero-order valence-corrected chi connectivity index (χ0v) is 14.8. The number of nitrogens with two attached hydrogens (primary N) is 1. The number of esters is 1. The highest BCUT2D eigenvalue weighted by atomic mass is 16.6. The normalized spacial score (nSPS) is 28.2. The smallest absolute Gasteiger partial charge is 0.320 e. The van der Waals surface area contributed by atoms with Gasteiger partial charge >= 0.3 is 5.97 Å². The van der Waals surface area contributed by atoms with Gasteiger partial charge in [-0.3, -0.25) is 4.79 Å². The molecule has 1 saturated heterocycles. The van der Waals surface area contributed by atoms with E-state index in [1.165, 1.54) is 32.1 Å². The minimum absolute atomic E-state index is 0.130. The fourth-order valence-electron chi connectivity index (χ4n) is 2.92. The van der Waals surface area contributed by atoms with Gasteiger partial charge in [-0.15, -0.1) is 0 Å². The van der Waals surface area contributed by atoms with E-state index in [4.69, 9.17) is 19.9 Å². The van der Waals surface area contributed by atoms with E-state index in [-0.39, 0.29) is 24.7 Å². The van der Waals surface area contributed by atoms with Crippen LogP contribution in [0.1, 0.15) is 52.4 Å². The van der Waals surface area contributed by atoms with E-state index in [1.54, 1.807) is 7.11 Å². The molecule has 0 amide bonds. The number of allylic oxidation sites excluding steroid dienone is 1. The van der Waals surface area contributed by atoms with Crippen molar-refractivity contribution in [2.75, 3.05) is 20.3 Å². The van der Waals surface area contributed by atoms with Crippen LogP contribution in [0.15, 0.2) is 12.2 Å². The van der Waals surface area contributed by atoms with Gasteiger partial charge in [0.25, 0.3) is 0 Å². The molecule has 0 unspecified atom stereocenters. The first-order valence-corrected chi connectivity index (χ1v) is 8.84. The van der Waals surface area contributed by atoms with Crippen molar-refractivity contribution in [1.29, 1.82) is 0 Å². The van der Waals surface area contributed by atoms with E-state index in [0.717, 1.165) is 6.42 Å². The van der Waals surface area contributed by atoms with Crippen LogP contribution in [0.3, 0.4) is 0 Å². The molecule has 0 saturated carbocycles. The summed E-state index contributed by atoms with van der Waals surface area (Å²) < 4.78 is 16.8. The maximum atomic E-state index is 11.6. The second-order valence-corrected chi connectivity index (χ2v) is 6.27. The number of unbranched alkanes of at least 4 members (excludes halogenated alkanes) is 5. The summed E-state index contributed by atoms with van der Waals surface area (Å²) in [7, 11) is 1.64. The van der Waals surface area contributed by atoms with Crippen molar-refractivity contribution in [3.05, 3.63) is 12.2 Å². The lowest BCUT2D eigenvalue weighted by atomic mass is 9.93. The molecule has 4 atom stereocenters. The zero-order valence-electron chi connectivity index (χ0n) is 14.8. The molecule has 134 valence electrons. The molecule has 23 heavy (non-hydrogen) atoms. The van der Waals surface area contributed by atoms with E-state index in [0.29, 0.717) is 6.61 Å². The Balaban J connectivity index is 2.53. The molecule has 0 radical (unpaired) electrons. The molecule has 0 aromatic heterocycles. The number of methoxy groups -OCH3 is 1. The van der Waals surface area contributed by atoms with Gasteiger partial charge in [0.05, 0.1) is 13.2 Å². The number of ether oxygens (including phenoxy) is 3. The summed E-state index contributed by atoms with van der Waals surface area (Å²) in [4.78, 5) is 11.6. The van der Waals surface area contributed by atoms with Gasteiger partial charge < -0.3 is 19.9 Å². The Bertz CT molecular complexity index is 359. The van der Waals surface area contributed by atoms with Crippen LogP contribution in [-0.2, 0) is 19.0 Å². The monoisotopic (exact) mass is 327 g/mol. The van der Waals surface area contributed by atoms with Crippen LogP contribution in [0.5, 0.6) is 0 Å². The van der Waals surface area contributed by atoms with Crippen molar-refractivity contribution in [1.82, 2.24) is 0 Å². The SMILES string of the molecule is CCCCCCC/C=C\[C@@H]1OC[C@@H](C)[C@H](OC)[C@H]1OC(=O)CN.